The summed E-state index contributed by atoms with van der Waals surface area (Å²) < 4.78 is 26.9. The molecule has 0 bridgehead atoms. The van der Waals surface area contributed by atoms with Gasteiger partial charge in [-0.2, -0.15) is 0 Å². The summed E-state index contributed by atoms with van der Waals surface area (Å²) in [5.74, 6) is -0.554. The fourth-order valence-corrected chi connectivity index (χ4v) is 3.33. The average molecular weight is 344 g/mol. The summed E-state index contributed by atoms with van der Waals surface area (Å²) in [4.78, 5) is 16.5. The van der Waals surface area contributed by atoms with E-state index in [0.717, 1.165) is 24.9 Å². The van der Waals surface area contributed by atoms with Crippen LogP contribution in [0.1, 0.15) is 24.0 Å². The van der Waals surface area contributed by atoms with Gasteiger partial charge in [0.05, 0.1) is 6.04 Å². The molecule has 25 heavy (non-hydrogen) atoms. The zero-order valence-corrected chi connectivity index (χ0v) is 14.3. The number of carbonyl (C=O) groups is 1. The molecular weight excluding hydrogens is 322 g/mol. The Bertz CT molecular complexity index is 733. The number of likely N-dealkylation sites (tertiary alicyclic amines) is 1. The molecule has 2 aromatic carbocycles. The van der Waals surface area contributed by atoms with Crippen molar-refractivity contribution in [3.8, 4) is 0 Å². The molecule has 0 saturated carbocycles. The highest BCUT2D eigenvalue weighted by molar-refractivity contribution is 5.82. The van der Waals surface area contributed by atoms with Crippen LogP contribution in [-0.4, -0.2) is 35.3 Å². The third-order valence-corrected chi connectivity index (χ3v) is 4.69. The predicted octanol–water partition coefficient (Wildman–Crippen LogP) is 3.59. The maximum Gasteiger partial charge on any atom is 0.239 e. The second kappa shape index (κ2) is 7.74. The number of rotatable bonds is 5. The van der Waals surface area contributed by atoms with Crippen molar-refractivity contribution < 1.29 is 13.6 Å². The molecule has 1 aliphatic rings. The van der Waals surface area contributed by atoms with Crippen LogP contribution in [0.3, 0.4) is 0 Å². The number of likely N-dealkylation sites (N-methyl/N-ethyl adjacent to an activating group) is 1. The minimum Gasteiger partial charge on any atom is -0.340 e. The first-order valence-corrected chi connectivity index (χ1v) is 8.51. The first kappa shape index (κ1) is 17.5. The Hall–Kier alpha value is -2.27. The molecule has 2 aromatic rings. The largest absolute Gasteiger partial charge is 0.340 e. The van der Waals surface area contributed by atoms with E-state index in [1.165, 1.54) is 18.2 Å². The summed E-state index contributed by atoms with van der Waals surface area (Å²) in [6, 6.07) is 12.7. The summed E-state index contributed by atoms with van der Waals surface area (Å²) in [7, 11) is 1.71. The van der Waals surface area contributed by atoms with E-state index in [-0.39, 0.29) is 30.1 Å². The van der Waals surface area contributed by atoms with Crippen LogP contribution < -0.4 is 0 Å². The van der Waals surface area contributed by atoms with E-state index >= 15 is 0 Å². The van der Waals surface area contributed by atoms with Gasteiger partial charge in [-0.05, 0) is 43.1 Å². The van der Waals surface area contributed by atoms with Crippen molar-refractivity contribution in [2.24, 2.45) is 0 Å². The van der Waals surface area contributed by atoms with Crippen molar-refractivity contribution in [2.45, 2.75) is 32.0 Å². The van der Waals surface area contributed by atoms with Crippen LogP contribution in [-0.2, 0) is 17.9 Å². The normalized spacial score (nSPS) is 17.6. The average Bonchev–Trinajstić information content (AvgIpc) is 3.06. The molecule has 0 N–H and O–H groups in total. The Kier molecular flexibility index (Phi) is 5.43. The molecule has 1 saturated heterocycles. The number of hydrogen-bond donors (Lipinski definition) is 0. The van der Waals surface area contributed by atoms with E-state index in [9.17, 15) is 13.6 Å². The molecule has 1 unspecified atom stereocenters. The number of nitrogens with zero attached hydrogens (tertiary/aromatic N) is 2. The first-order valence-electron chi connectivity index (χ1n) is 8.51. The van der Waals surface area contributed by atoms with E-state index in [0.29, 0.717) is 12.1 Å². The topological polar surface area (TPSA) is 23.6 Å². The monoisotopic (exact) mass is 344 g/mol. The van der Waals surface area contributed by atoms with E-state index < -0.39 is 0 Å². The Balaban J connectivity index is 1.65. The lowest BCUT2D eigenvalue weighted by atomic mass is 10.1. The van der Waals surface area contributed by atoms with E-state index in [4.69, 9.17) is 0 Å². The van der Waals surface area contributed by atoms with Crippen molar-refractivity contribution >= 4 is 5.91 Å². The van der Waals surface area contributed by atoms with Crippen LogP contribution >= 0.6 is 0 Å². The second-order valence-electron chi connectivity index (χ2n) is 6.54. The van der Waals surface area contributed by atoms with Gasteiger partial charge in [-0.25, -0.2) is 8.78 Å². The molecule has 132 valence electrons. The maximum atomic E-state index is 13.8. The van der Waals surface area contributed by atoms with Crippen LogP contribution in [0.25, 0.3) is 0 Å². The number of benzene rings is 2. The van der Waals surface area contributed by atoms with Gasteiger partial charge in [0.2, 0.25) is 5.91 Å². The fourth-order valence-electron chi connectivity index (χ4n) is 3.33. The minimum atomic E-state index is -0.295. The molecule has 1 aliphatic heterocycles. The summed E-state index contributed by atoms with van der Waals surface area (Å²) in [5, 5.41) is 0. The van der Waals surface area contributed by atoms with Crippen molar-refractivity contribution in [1.82, 2.24) is 9.80 Å². The van der Waals surface area contributed by atoms with Crippen LogP contribution in [0.15, 0.2) is 48.5 Å². The van der Waals surface area contributed by atoms with E-state index in [2.05, 4.69) is 4.90 Å². The molecule has 0 radical (unpaired) electrons. The lowest BCUT2D eigenvalue weighted by Crippen LogP contribution is -2.43. The molecule has 1 amide bonds. The van der Waals surface area contributed by atoms with E-state index in [1.54, 1.807) is 42.3 Å². The molecule has 5 heteroatoms. The summed E-state index contributed by atoms with van der Waals surface area (Å²) in [6.07, 6.45) is 1.74. The summed E-state index contributed by atoms with van der Waals surface area (Å²) >= 11 is 0. The Morgan fingerprint density at radius 1 is 1.16 bits per heavy atom. The lowest BCUT2D eigenvalue weighted by molar-refractivity contribution is -0.135. The molecule has 1 heterocycles. The molecule has 3 rings (SSSR count). The smallest absolute Gasteiger partial charge is 0.239 e. The van der Waals surface area contributed by atoms with Gasteiger partial charge >= 0.3 is 0 Å². The van der Waals surface area contributed by atoms with Gasteiger partial charge in [0.25, 0.3) is 0 Å². The highest BCUT2D eigenvalue weighted by Gasteiger charge is 2.32. The number of halogens is 2. The highest BCUT2D eigenvalue weighted by Crippen LogP contribution is 2.22. The van der Waals surface area contributed by atoms with Crippen molar-refractivity contribution in [2.75, 3.05) is 13.6 Å². The number of hydrogen-bond acceptors (Lipinski definition) is 2. The molecule has 1 fully saturated rings. The first-order chi connectivity index (χ1) is 12.0. The number of carbonyl (C=O) groups excluding carboxylic acids is 1. The maximum absolute atomic E-state index is 13.8. The molecule has 1 atom stereocenters. The number of amides is 1. The third-order valence-electron chi connectivity index (χ3n) is 4.69. The van der Waals surface area contributed by atoms with Crippen LogP contribution in [0, 0.1) is 11.6 Å². The minimum absolute atomic E-state index is 0.00265. The molecule has 0 spiro atoms. The van der Waals surface area contributed by atoms with Crippen molar-refractivity contribution in [1.29, 1.82) is 0 Å². The van der Waals surface area contributed by atoms with Gasteiger partial charge in [-0.3, -0.25) is 9.69 Å². The fraction of sp³-hybridized carbons (Fsp3) is 0.350. The van der Waals surface area contributed by atoms with Crippen LogP contribution in [0.2, 0.25) is 0 Å². The summed E-state index contributed by atoms with van der Waals surface area (Å²) in [5.41, 5.74) is 1.50. The van der Waals surface area contributed by atoms with Crippen molar-refractivity contribution in [3.63, 3.8) is 0 Å². The predicted molar refractivity (Wildman–Crippen MR) is 92.7 cm³/mol. The highest BCUT2D eigenvalue weighted by atomic mass is 19.1. The van der Waals surface area contributed by atoms with Gasteiger partial charge in [-0.15, -0.1) is 0 Å². The zero-order valence-electron chi connectivity index (χ0n) is 14.3. The van der Waals surface area contributed by atoms with Gasteiger partial charge in [0.15, 0.2) is 0 Å². The molecule has 0 aromatic heterocycles. The Morgan fingerprint density at radius 3 is 2.60 bits per heavy atom. The van der Waals surface area contributed by atoms with E-state index in [1.807, 2.05) is 0 Å². The molecule has 0 aliphatic carbocycles. The van der Waals surface area contributed by atoms with Gasteiger partial charge < -0.3 is 4.90 Å². The van der Waals surface area contributed by atoms with Crippen LogP contribution in [0.4, 0.5) is 8.78 Å². The van der Waals surface area contributed by atoms with Gasteiger partial charge in [-0.1, -0.05) is 30.3 Å². The van der Waals surface area contributed by atoms with Gasteiger partial charge in [0, 0.05) is 25.7 Å². The summed E-state index contributed by atoms with van der Waals surface area (Å²) in [6.45, 7) is 1.71. The lowest BCUT2D eigenvalue weighted by Gasteiger charge is -2.28. The second-order valence-corrected chi connectivity index (χ2v) is 6.54. The third kappa shape index (κ3) is 4.23. The quantitative estimate of drug-likeness (QED) is 0.828. The zero-order chi connectivity index (χ0) is 17.8. The van der Waals surface area contributed by atoms with Crippen LogP contribution in [0.5, 0.6) is 0 Å². The Labute approximate surface area is 146 Å². The molecule has 3 nitrogen and oxygen atoms in total. The Morgan fingerprint density at radius 2 is 1.88 bits per heavy atom. The standard InChI is InChI=1S/C20H22F2N2O/c1-23(14-16-5-2-3-6-18(16)22)20(25)19-7-4-12-24(19)13-15-8-10-17(21)11-9-15/h2-3,5-6,8-11,19H,4,7,12-14H2,1H3. The SMILES string of the molecule is CN(Cc1ccccc1F)C(=O)C1CCCN1Cc1ccc(F)cc1. The van der Waals surface area contributed by atoms with Crippen molar-refractivity contribution in [3.05, 3.63) is 71.3 Å². The molecular formula is C20H22F2N2O. The van der Waals surface area contributed by atoms with Gasteiger partial charge in [0.1, 0.15) is 11.6 Å².